The summed E-state index contributed by atoms with van der Waals surface area (Å²) < 4.78 is 28.9. The molecule has 20 heavy (non-hydrogen) atoms. The molecule has 0 saturated carbocycles. The molecule has 1 N–H and O–H groups in total. The maximum absolute atomic E-state index is 13.6. The highest BCUT2D eigenvalue weighted by atomic mass is 19.1. The van der Waals surface area contributed by atoms with Crippen molar-refractivity contribution < 1.29 is 18.6 Å². The number of nitrogens with one attached hydrogen (secondary N) is 1. The van der Waals surface area contributed by atoms with Crippen LogP contribution in [0.5, 0.6) is 5.75 Å². The van der Waals surface area contributed by atoms with E-state index in [1.807, 2.05) is 13.1 Å². The molecule has 0 aliphatic carbocycles. The molecule has 0 aliphatic heterocycles. The van der Waals surface area contributed by atoms with Crippen molar-refractivity contribution in [2.75, 3.05) is 41.1 Å². The number of methoxy groups -OCH3 is 2. The number of hydrogen-bond acceptors (Lipinski definition) is 4. The van der Waals surface area contributed by atoms with Crippen LogP contribution in [0.1, 0.15) is 12.0 Å². The molecule has 0 heterocycles. The number of hydrogen-bond donors (Lipinski definition) is 1. The van der Waals surface area contributed by atoms with Crippen LogP contribution in [0.4, 0.5) is 4.39 Å². The van der Waals surface area contributed by atoms with E-state index >= 15 is 0 Å². The smallest absolute Gasteiger partial charge is 0.165 e. The molecule has 1 rings (SSSR count). The molecule has 0 fully saturated rings. The standard InChI is InChI=1S/C15H24FNO3/c1-17-13(6-7-20-9-8-18-2)10-12-4-5-15(19-3)14(16)11-12/h4-5,11,13,17H,6-10H2,1-3H3. The Morgan fingerprint density at radius 2 is 2.00 bits per heavy atom. The molecule has 0 spiro atoms. The van der Waals surface area contributed by atoms with Gasteiger partial charge in [0.15, 0.2) is 11.6 Å². The molecule has 1 aromatic carbocycles. The lowest BCUT2D eigenvalue weighted by molar-refractivity contribution is 0.0661. The van der Waals surface area contributed by atoms with E-state index in [9.17, 15) is 4.39 Å². The van der Waals surface area contributed by atoms with E-state index in [0.717, 1.165) is 18.4 Å². The van der Waals surface area contributed by atoms with Crippen molar-refractivity contribution in [1.29, 1.82) is 0 Å². The van der Waals surface area contributed by atoms with Crippen LogP contribution in [0, 0.1) is 5.82 Å². The third kappa shape index (κ3) is 5.86. The van der Waals surface area contributed by atoms with Crippen molar-refractivity contribution in [3.05, 3.63) is 29.6 Å². The molecular formula is C15H24FNO3. The first-order valence-corrected chi connectivity index (χ1v) is 6.77. The number of likely N-dealkylation sites (N-methyl/N-ethyl adjacent to an activating group) is 1. The molecule has 1 atom stereocenters. The van der Waals surface area contributed by atoms with Crippen LogP contribution >= 0.6 is 0 Å². The number of benzene rings is 1. The molecule has 0 aliphatic rings. The predicted octanol–water partition coefficient (Wildman–Crippen LogP) is 2.02. The molecule has 0 aromatic heterocycles. The zero-order valence-electron chi connectivity index (χ0n) is 12.4. The second-order valence-electron chi connectivity index (χ2n) is 4.55. The predicted molar refractivity (Wildman–Crippen MR) is 76.8 cm³/mol. The van der Waals surface area contributed by atoms with Crippen LogP contribution in [-0.2, 0) is 15.9 Å². The maximum atomic E-state index is 13.6. The van der Waals surface area contributed by atoms with Gasteiger partial charge in [-0.2, -0.15) is 0 Å². The van der Waals surface area contributed by atoms with E-state index < -0.39 is 0 Å². The highest BCUT2D eigenvalue weighted by Crippen LogP contribution is 2.18. The minimum absolute atomic E-state index is 0.255. The fraction of sp³-hybridized carbons (Fsp3) is 0.600. The first-order valence-electron chi connectivity index (χ1n) is 6.77. The highest BCUT2D eigenvalue weighted by molar-refractivity contribution is 5.29. The van der Waals surface area contributed by atoms with E-state index in [1.54, 1.807) is 13.2 Å². The summed E-state index contributed by atoms with van der Waals surface area (Å²) >= 11 is 0. The number of ether oxygens (including phenoxy) is 3. The summed E-state index contributed by atoms with van der Waals surface area (Å²) in [6.07, 6.45) is 1.62. The highest BCUT2D eigenvalue weighted by Gasteiger charge is 2.10. The van der Waals surface area contributed by atoms with E-state index in [0.29, 0.717) is 19.8 Å². The first kappa shape index (κ1) is 16.9. The average Bonchev–Trinajstić information content (AvgIpc) is 2.46. The second kappa shape index (κ2) is 9.69. The van der Waals surface area contributed by atoms with Crippen molar-refractivity contribution in [2.24, 2.45) is 0 Å². The van der Waals surface area contributed by atoms with Crippen LogP contribution in [0.15, 0.2) is 18.2 Å². The van der Waals surface area contributed by atoms with Gasteiger partial charge in [0.1, 0.15) is 0 Å². The lowest BCUT2D eigenvalue weighted by atomic mass is 10.0. The summed E-state index contributed by atoms with van der Waals surface area (Å²) in [5.41, 5.74) is 0.944. The Kier molecular flexibility index (Phi) is 8.18. The zero-order chi connectivity index (χ0) is 14.8. The zero-order valence-corrected chi connectivity index (χ0v) is 12.4. The van der Waals surface area contributed by atoms with Gasteiger partial charge in [-0.15, -0.1) is 0 Å². The van der Waals surface area contributed by atoms with E-state index in [2.05, 4.69) is 5.32 Å². The molecule has 114 valence electrons. The topological polar surface area (TPSA) is 39.7 Å². The molecule has 0 saturated heterocycles. The summed E-state index contributed by atoms with van der Waals surface area (Å²) in [5.74, 6) is -0.0474. The summed E-state index contributed by atoms with van der Waals surface area (Å²) in [4.78, 5) is 0. The molecule has 4 nitrogen and oxygen atoms in total. The first-order chi connectivity index (χ1) is 9.71. The van der Waals surface area contributed by atoms with Crippen LogP contribution < -0.4 is 10.1 Å². The van der Waals surface area contributed by atoms with Crippen LogP contribution in [0.2, 0.25) is 0 Å². The largest absolute Gasteiger partial charge is 0.494 e. The Morgan fingerprint density at radius 3 is 2.60 bits per heavy atom. The van der Waals surface area contributed by atoms with E-state index in [-0.39, 0.29) is 17.6 Å². The van der Waals surface area contributed by atoms with Gasteiger partial charge in [-0.1, -0.05) is 6.07 Å². The van der Waals surface area contributed by atoms with Gasteiger partial charge in [0.05, 0.1) is 20.3 Å². The van der Waals surface area contributed by atoms with Crippen molar-refractivity contribution in [3.63, 3.8) is 0 Å². The monoisotopic (exact) mass is 285 g/mol. The lowest BCUT2D eigenvalue weighted by Gasteiger charge is -2.16. The van der Waals surface area contributed by atoms with Crippen LogP contribution in [-0.4, -0.2) is 47.1 Å². The van der Waals surface area contributed by atoms with Gasteiger partial charge in [0, 0.05) is 19.8 Å². The summed E-state index contributed by atoms with van der Waals surface area (Å²) in [7, 11) is 5.02. The molecule has 0 amide bonds. The fourth-order valence-electron chi connectivity index (χ4n) is 1.94. The van der Waals surface area contributed by atoms with Gasteiger partial charge < -0.3 is 19.5 Å². The SMILES string of the molecule is CNC(CCOCCOC)Cc1ccc(OC)c(F)c1. The molecule has 5 heteroatoms. The van der Waals surface area contributed by atoms with Crippen molar-refractivity contribution >= 4 is 0 Å². The van der Waals surface area contributed by atoms with Gasteiger partial charge in [0.25, 0.3) is 0 Å². The number of rotatable bonds is 10. The fourth-order valence-corrected chi connectivity index (χ4v) is 1.94. The second-order valence-corrected chi connectivity index (χ2v) is 4.55. The Hall–Kier alpha value is -1.17. The van der Waals surface area contributed by atoms with Gasteiger partial charge >= 0.3 is 0 Å². The molecular weight excluding hydrogens is 261 g/mol. The van der Waals surface area contributed by atoms with Crippen LogP contribution in [0.3, 0.4) is 0 Å². The van der Waals surface area contributed by atoms with Crippen molar-refractivity contribution in [3.8, 4) is 5.75 Å². The Morgan fingerprint density at radius 1 is 1.20 bits per heavy atom. The van der Waals surface area contributed by atoms with Crippen LogP contribution in [0.25, 0.3) is 0 Å². The number of halogens is 1. The van der Waals surface area contributed by atoms with Gasteiger partial charge in [-0.25, -0.2) is 4.39 Å². The normalized spacial score (nSPS) is 12.4. The Labute approximate surface area is 120 Å². The quantitative estimate of drug-likeness (QED) is 0.668. The third-order valence-electron chi connectivity index (χ3n) is 3.15. The Balaban J connectivity index is 2.41. The average molecular weight is 285 g/mol. The van der Waals surface area contributed by atoms with Gasteiger partial charge in [-0.3, -0.25) is 0 Å². The molecule has 0 radical (unpaired) electrons. The van der Waals surface area contributed by atoms with Gasteiger partial charge in [-0.05, 0) is 37.6 Å². The minimum atomic E-state index is -0.323. The molecule has 0 bridgehead atoms. The maximum Gasteiger partial charge on any atom is 0.165 e. The lowest BCUT2D eigenvalue weighted by Crippen LogP contribution is -2.29. The Bertz CT molecular complexity index is 387. The summed E-state index contributed by atoms with van der Waals surface area (Å²) in [5, 5.41) is 3.22. The minimum Gasteiger partial charge on any atom is -0.494 e. The van der Waals surface area contributed by atoms with Gasteiger partial charge in [0.2, 0.25) is 0 Å². The van der Waals surface area contributed by atoms with Crippen molar-refractivity contribution in [1.82, 2.24) is 5.32 Å². The third-order valence-corrected chi connectivity index (χ3v) is 3.15. The molecule has 1 aromatic rings. The molecule has 1 unspecified atom stereocenters. The van der Waals surface area contributed by atoms with E-state index in [1.165, 1.54) is 13.2 Å². The summed E-state index contributed by atoms with van der Waals surface area (Å²) in [6.45, 7) is 1.87. The van der Waals surface area contributed by atoms with E-state index in [4.69, 9.17) is 14.2 Å². The van der Waals surface area contributed by atoms with Crippen molar-refractivity contribution in [2.45, 2.75) is 18.9 Å². The summed E-state index contributed by atoms with van der Waals surface area (Å²) in [6, 6.07) is 5.32.